The van der Waals surface area contributed by atoms with Crippen LogP contribution in [0.25, 0.3) is 0 Å². The molecule has 4 nitrogen and oxygen atoms in total. The highest BCUT2D eigenvalue weighted by Crippen LogP contribution is 2.32. The van der Waals surface area contributed by atoms with Crippen LogP contribution in [0.3, 0.4) is 0 Å². The van der Waals surface area contributed by atoms with Crippen LogP contribution < -0.4 is 10.6 Å². The molecule has 0 radical (unpaired) electrons. The molecular formula is C17H26N2O2S. The molecule has 0 spiro atoms. The Morgan fingerprint density at radius 3 is 2.55 bits per heavy atom. The van der Waals surface area contributed by atoms with E-state index in [1.54, 1.807) is 12.1 Å². The fraction of sp³-hybridized carbons (Fsp3) is 0.647. The zero-order valence-corrected chi connectivity index (χ0v) is 14.0. The van der Waals surface area contributed by atoms with E-state index in [9.17, 15) is 8.42 Å². The van der Waals surface area contributed by atoms with Gasteiger partial charge < -0.3 is 10.6 Å². The first kappa shape index (κ1) is 16.0. The topological polar surface area (TPSA) is 58.2 Å². The fourth-order valence-corrected chi connectivity index (χ4v) is 4.53. The molecule has 0 bridgehead atoms. The van der Waals surface area contributed by atoms with Crippen LogP contribution in [-0.4, -0.2) is 33.3 Å². The first-order valence-electron chi connectivity index (χ1n) is 8.30. The van der Waals surface area contributed by atoms with Gasteiger partial charge in [-0.05, 0) is 55.8 Å². The molecule has 1 saturated heterocycles. The second-order valence-corrected chi connectivity index (χ2v) is 8.72. The third kappa shape index (κ3) is 3.70. The minimum absolute atomic E-state index is 0.394. The van der Waals surface area contributed by atoms with E-state index in [0.29, 0.717) is 17.0 Å². The third-order valence-electron chi connectivity index (χ3n) is 5.10. The number of rotatable bonds is 5. The zero-order valence-electron chi connectivity index (χ0n) is 13.2. The predicted molar refractivity (Wildman–Crippen MR) is 88.5 cm³/mol. The van der Waals surface area contributed by atoms with Crippen molar-refractivity contribution in [3.63, 3.8) is 0 Å². The van der Waals surface area contributed by atoms with Crippen LogP contribution in [0.15, 0.2) is 29.2 Å². The molecule has 5 heteroatoms. The van der Waals surface area contributed by atoms with Crippen LogP contribution in [0.4, 0.5) is 0 Å². The average Bonchev–Trinajstić information content (AvgIpc) is 3.15. The molecule has 3 unspecified atom stereocenters. The molecule has 1 saturated carbocycles. The van der Waals surface area contributed by atoms with E-state index in [1.807, 2.05) is 12.1 Å². The maximum atomic E-state index is 11.5. The molecule has 2 aliphatic rings. The van der Waals surface area contributed by atoms with Crippen molar-refractivity contribution in [3.8, 4) is 0 Å². The van der Waals surface area contributed by atoms with Gasteiger partial charge in [0.25, 0.3) is 0 Å². The van der Waals surface area contributed by atoms with Gasteiger partial charge in [0.05, 0.1) is 4.90 Å². The van der Waals surface area contributed by atoms with Gasteiger partial charge >= 0.3 is 0 Å². The van der Waals surface area contributed by atoms with Crippen molar-refractivity contribution in [3.05, 3.63) is 29.8 Å². The van der Waals surface area contributed by atoms with Crippen molar-refractivity contribution in [2.45, 2.75) is 55.6 Å². The van der Waals surface area contributed by atoms with Crippen LogP contribution in [-0.2, 0) is 16.4 Å². The summed E-state index contributed by atoms with van der Waals surface area (Å²) in [5.74, 6) is 0.748. The Hall–Kier alpha value is -0.910. The smallest absolute Gasteiger partial charge is 0.175 e. The summed E-state index contributed by atoms with van der Waals surface area (Å²) in [4.78, 5) is 0.394. The number of nitrogens with one attached hydrogen (secondary N) is 2. The van der Waals surface area contributed by atoms with Crippen molar-refractivity contribution in [2.75, 3.05) is 12.8 Å². The first-order valence-corrected chi connectivity index (χ1v) is 10.2. The second kappa shape index (κ2) is 6.69. The van der Waals surface area contributed by atoms with Crippen molar-refractivity contribution in [1.29, 1.82) is 0 Å². The minimum atomic E-state index is -3.10. The molecule has 2 N–H and O–H groups in total. The summed E-state index contributed by atoms with van der Waals surface area (Å²) < 4.78 is 23.0. The van der Waals surface area contributed by atoms with Gasteiger partial charge in [-0.25, -0.2) is 8.42 Å². The van der Waals surface area contributed by atoms with Gasteiger partial charge in [-0.1, -0.05) is 18.6 Å². The molecule has 1 aliphatic carbocycles. The fourth-order valence-electron chi connectivity index (χ4n) is 3.90. The van der Waals surface area contributed by atoms with Crippen molar-refractivity contribution >= 4 is 9.84 Å². The molecule has 122 valence electrons. The van der Waals surface area contributed by atoms with Gasteiger partial charge in [-0.3, -0.25) is 0 Å². The zero-order chi connectivity index (χ0) is 15.6. The summed E-state index contributed by atoms with van der Waals surface area (Å²) in [6.45, 7) is 1.98. The number of benzene rings is 1. The molecule has 2 fully saturated rings. The average molecular weight is 322 g/mol. The highest BCUT2D eigenvalue weighted by atomic mass is 32.2. The summed E-state index contributed by atoms with van der Waals surface area (Å²) in [5, 5.41) is 7.34. The molecule has 1 heterocycles. The minimum Gasteiger partial charge on any atom is -0.314 e. The lowest BCUT2D eigenvalue weighted by Gasteiger charge is -2.26. The van der Waals surface area contributed by atoms with Crippen molar-refractivity contribution in [1.82, 2.24) is 10.6 Å². The molecule has 0 aromatic heterocycles. The monoisotopic (exact) mass is 322 g/mol. The molecule has 22 heavy (non-hydrogen) atoms. The lowest BCUT2D eigenvalue weighted by Crippen LogP contribution is -2.41. The van der Waals surface area contributed by atoms with Gasteiger partial charge in [0.2, 0.25) is 0 Å². The molecule has 1 aliphatic heterocycles. The van der Waals surface area contributed by atoms with Gasteiger partial charge in [0.1, 0.15) is 0 Å². The van der Waals surface area contributed by atoms with Crippen LogP contribution in [0, 0.1) is 5.92 Å². The van der Waals surface area contributed by atoms with Crippen molar-refractivity contribution < 1.29 is 8.42 Å². The van der Waals surface area contributed by atoms with Crippen LogP contribution in [0.5, 0.6) is 0 Å². The van der Waals surface area contributed by atoms with E-state index < -0.39 is 9.84 Å². The third-order valence-corrected chi connectivity index (χ3v) is 6.23. The van der Waals surface area contributed by atoms with E-state index in [2.05, 4.69) is 10.6 Å². The quantitative estimate of drug-likeness (QED) is 0.872. The van der Waals surface area contributed by atoms with Crippen LogP contribution in [0.2, 0.25) is 0 Å². The second-order valence-electron chi connectivity index (χ2n) is 6.70. The van der Waals surface area contributed by atoms with Gasteiger partial charge in [-0.2, -0.15) is 0 Å². The first-order chi connectivity index (χ1) is 10.5. The Kier molecular flexibility index (Phi) is 4.85. The molecule has 0 amide bonds. The maximum absolute atomic E-state index is 11.5. The predicted octanol–water partition coefficient (Wildman–Crippen LogP) is 2.10. The molecular weight excluding hydrogens is 296 g/mol. The SMILES string of the molecule is CS(=O)(=O)c1ccc(CNC2CCCC2C2CCCN2)cc1. The Bertz CT molecular complexity index is 592. The standard InChI is InChI=1S/C17H26N2O2S/c1-22(20,21)14-9-7-13(8-10-14)12-19-17-5-2-4-15(17)16-6-3-11-18-16/h7-10,15-19H,2-6,11-12H2,1H3. The molecule has 3 atom stereocenters. The number of hydrogen-bond donors (Lipinski definition) is 2. The summed E-state index contributed by atoms with van der Waals surface area (Å²) >= 11 is 0. The lowest BCUT2D eigenvalue weighted by atomic mass is 9.93. The number of hydrogen-bond acceptors (Lipinski definition) is 4. The lowest BCUT2D eigenvalue weighted by molar-refractivity contribution is 0.320. The van der Waals surface area contributed by atoms with Gasteiger partial charge in [-0.15, -0.1) is 0 Å². The van der Waals surface area contributed by atoms with E-state index >= 15 is 0 Å². The Balaban J connectivity index is 1.57. The summed E-state index contributed by atoms with van der Waals surface area (Å²) in [6.07, 6.45) is 7.75. The normalized spacial score (nSPS) is 29.0. The van der Waals surface area contributed by atoms with E-state index in [-0.39, 0.29) is 0 Å². The summed E-state index contributed by atoms with van der Waals surface area (Å²) in [7, 11) is -3.10. The van der Waals surface area contributed by atoms with E-state index in [1.165, 1.54) is 44.9 Å². The summed E-state index contributed by atoms with van der Waals surface area (Å²) in [6, 6.07) is 8.52. The Morgan fingerprint density at radius 1 is 1.14 bits per heavy atom. The molecule has 3 rings (SSSR count). The van der Waals surface area contributed by atoms with Crippen molar-refractivity contribution in [2.24, 2.45) is 5.92 Å². The van der Waals surface area contributed by atoms with Crippen LogP contribution >= 0.6 is 0 Å². The molecule has 1 aromatic carbocycles. The highest BCUT2D eigenvalue weighted by Gasteiger charge is 2.34. The van der Waals surface area contributed by atoms with E-state index in [4.69, 9.17) is 0 Å². The molecule has 1 aromatic rings. The van der Waals surface area contributed by atoms with E-state index in [0.717, 1.165) is 18.0 Å². The van der Waals surface area contributed by atoms with Gasteiger partial charge in [0.15, 0.2) is 9.84 Å². The summed E-state index contributed by atoms with van der Waals surface area (Å²) in [5.41, 5.74) is 1.15. The highest BCUT2D eigenvalue weighted by molar-refractivity contribution is 7.90. The number of sulfone groups is 1. The van der Waals surface area contributed by atoms with Gasteiger partial charge in [0, 0.05) is 24.9 Å². The maximum Gasteiger partial charge on any atom is 0.175 e. The Labute approximate surface area is 133 Å². The van der Waals surface area contributed by atoms with Crippen LogP contribution in [0.1, 0.15) is 37.7 Å². The Morgan fingerprint density at radius 2 is 1.91 bits per heavy atom. The largest absolute Gasteiger partial charge is 0.314 e.